The van der Waals surface area contributed by atoms with Gasteiger partial charge >= 0.3 is 0 Å². The number of hydrogen-bond donors (Lipinski definition) is 3. The van der Waals surface area contributed by atoms with Gasteiger partial charge in [0.2, 0.25) is 12.7 Å². The SMILES string of the molecule is CC(=O)Nc1ccc(Nc2ccnc(C(=O)Nc3ccc4c(c3)OCO4)c2)cc1. The predicted molar refractivity (Wildman–Crippen MR) is 109 cm³/mol. The lowest BCUT2D eigenvalue weighted by Crippen LogP contribution is -2.13. The van der Waals surface area contributed by atoms with E-state index < -0.39 is 0 Å². The fourth-order valence-electron chi connectivity index (χ4n) is 2.81. The van der Waals surface area contributed by atoms with E-state index in [1.165, 1.54) is 6.92 Å². The minimum Gasteiger partial charge on any atom is -0.454 e. The molecule has 2 amide bonds. The van der Waals surface area contributed by atoms with Crippen LogP contribution in [0, 0.1) is 0 Å². The van der Waals surface area contributed by atoms with Crippen molar-refractivity contribution in [1.29, 1.82) is 0 Å². The summed E-state index contributed by atoms with van der Waals surface area (Å²) in [6.07, 6.45) is 1.56. The second kappa shape index (κ2) is 7.89. The van der Waals surface area contributed by atoms with Crippen molar-refractivity contribution < 1.29 is 19.1 Å². The molecule has 0 saturated heterocycles. The molecule has 2 heterocycles. The number of benzene rings is 2. The topological polar surface area (TPSA) is 102 Å². The Kier molecular flexibility index (Phi) is 4.98. The average molecular weight is 390 g/mol. The molecular formula is C21H18N4O4. The Balaban J connectivity index is 1.44. The van der Waals surface area contributed by atoms with Crippen molar-refractivity contribution in [2.45, 2.75) is 6.92 Å². The first-order valence-corrected chi connectivity index (χ1v) is 8.88. The number of anilines is 4. The van der Waals surface area contributed by atoms with E-state index in [2.05, 4.69) is 20.9 Å². The molecule has 0 bridgehead atoms. The van der Waals surface area contributed by atoms with Gasteiger partial charge in [-0.2, -0.15) is 0 Å². The van der Waals surface area contributed by atoms with Crippen molar-refractivity contribution in [2.24, 2.45) is 0 Å². The quantitative estimate of drug-likeness (QED) is 0.613. The Morgan fingerprint density at radius 1 is 0.828 bits per heavy atom. The number of ether oxygens (including phenoxy) is 2. The molecule has 0 atom stereocenters. The van der Waals surface area contributed by atoms with Crippen molar-refractivity contribution in [2.75, 3.05) is 22.7 Å². The van der Waals surface area contributed by atoms with E-state index in [0.717, 1.165) is 5.69 Å². The molecule has 4 rings (SSSR count). The number of rotatable bonds is 5. The van der Waals surface area contributed by atoms with Crippen molar-refractivity contribution in [3.63, 3.8) is 0 Å². The maximum Gasteiger partial charge on any atom is 0.274 e. The molecule has 0 spiro atoms. The highest BCUT2D eigenvalue weighted by Gasteiger charge is 2.15. The number of carbonyl (C=O) groups excluding carboxylic acids is 2. The first-order valence-electron chi connectivity index (χ1n) is 8.88. The Hall–Kier alpha value is -4.07. The highest BCUT2D eigenvalue weighted by Crippen LogP contribution is 2.34. The van der Waals surface area contributed by atoms with E-state index in [-0.39, 0.29) is 24.3 Å². The lowest BCUT2D eigenvalue weighted by molar-refractivity contribution is -0.114. The summed E-state index contributed by atoms with van der Waals surface area (Å²) in [6, 6.07) is 15.9. The van der Waals surface area contributed by atoms with Gasteiger partial charge in [-0.3, -0.25) is 14.6 Å². The molecule has 1 aromatic heterocycles. The van der Waals surface area contributed by atoms with Gasteiger partial charge in [-0.15, -0.1) is 0 Å². The van der Waals surface area contributed by atoms with Gasteiger partial charge in [0, 0.05) is 41.9 Å². The van der Waals surface area contributed by atoms with Crippen LogP contribution in [0.4, 0.5) is 22.7 Å². The number of aromatic nitrogens is 1. The summed E-state index contributed by atoms with van der Waals surface area (Å²) in [5, 5.41) is 8.72. The van der Waals surface area contributed by atoms with Crippen LogP contribution in [-0.2, 0) is 4.79 Å². The van der Waals surface area contributed by atoms with E-state index in [0.29, 0.717) is 28.6 Å². The lowest BCUT2D eigenvalue weighted by atomic mass is 10.2. The Bertz CT molecular complexity index is 1070. The lowest BCUT2D eigenvalue weighted by Gasteiger charge is -2.10. The average Bonchev–Trinajstić information content (AvgIpc) is 3.17. The maximum absolute atomic E-state index is 12.6. The molecule has 3 N–H and O–H groups in total. The van der Waals surface area contributed by atoms with Crippen LogP contribution in [0.15, 0.2) is 60.8 Å². The number of amides is 2. The van der Waals surface area contributed by atoms with Gasteiger partial charge in [0.15, 0.2) is 11.5 Å². The zero-order valence-electron chi connectivity index (χ0n) is 15.6. The Morgan fingerprint density at radius 3 is 2.34 bits per heavy atom. The monoisotopic (exact) mass is 390 g/mol. The molecule has 1 aliphatic rings. The van der Waals surface area contributed by atoms with Gasteiger partial charge in [0.05, 0.1) is 0 Å². The summed E-state index contributed by atoms with van der Waals surface area (Å²) in [5.74, 6) is 0.775. The number of fused-ring (bicyclic) bond motifs is 1. The zero-order valence-corrected chi connectivity index (χ0v) is 15.6. The van der Waals surface area contributed by atoms with Crippen molar-refractivity contribution in [1.82, 2.24) is 4.98 Å². The highest BCUT2D eigenvalue weighted by molar-refractivity contribution is 6.03. The smallest absolute Gasteiger partial charge is 0.274 e. The molecular weight excluding hydrogens is 372 g/mol. The van der Waals surface area contributed by atoms with Crippen LogP contribution in [0.3, 0.4) is 0 Å². The third-order valence-corrected chi connectivity index (χ3v) is 4.12. The maximum atomic E-state index is 12.6. The standard InChI is InChI=1S/C21H18N4O4/c1-13(26)23-14-2-4-15(5-3-14)24-17-8-9-22-18(10-17)21(27)25-16-6-7-19-20(11-16)29-12-28-19/h2-11H,12H2,1H3,(H,22,24)(H,23,26)(H,25,27). The molecule has 0 aliphatic carbocycles. The molecule has 0 fully saturated rings. The molecule has 29 heavy (non-hydrogen) atoms. The second-order valence-electron chi connectivity index (χ2n) is 6.34. The number of nitrogens with one attached hydrogen (secondary N) is 3. The van der Waals surface area contributed by atoms with Crippen LogP contribution in [0.2, 0.25) is 0 Å². The summed E-state index contributed by atoms with van der Waals surface area (Å²) in [6.45, 7) is 1.63. The summed E-state index contributed by atoms with van der Waals surface area (Å²) in [5.41, 5.74) is 3.09. The largest absolute Gasteiger partial charge is 0.454 e. The Labute approximate surface area is 166 Å². The summed E-state index contributed by atoms with van der Waals surface area (Å²) >= 11 is 0. The number of hydrogen-bond acceptors (Lipinski definition) is 6. The van der Waals surface area contributed by atoms with Crippen LogP contribution in [0.1, 0.15) is 17.4 Å². The third kappa shape index (κ3) is 4.44. The molecule has 8 nitrogen and oxygen atoms in total. The predicted octanol–water partition coefficient (Wildman–Crippen LogP) is 3.76. The summed E-state index contributed by atoms with van der Waals surface area (Å²) in [7, 11) is 0. The number of nitrogens with zero attached hydrogens (tertiary/aromatic N) is 1. The van der Waals surface area contributed by atoms with Gasteiger partial charge in [-0.1, -0.05) is 0 Å². The van der Waals surface area contributed by atoms with Crippen LogP contribution >= 0.6 is 0 Å². The zero-order chi connectivity index (χ0) is 20.2. The highest BCUT2D eigenvalue weighted by atomic mass is 16.7. The van der Waals surface area contributed by atoms with E-state index in [1.54, 1.807) is 48.7 Å². The van der Waals surface area contributed by atoms with Gasteiger partial charge < -0.3 is 25.4 Å². The van der Waals surface area contributed by atoms with Gasteiger partial charge in [-0.25, -0.2) is 0 Å². The van der Waals surface area contributed by atoms with E-state index in [4.69, 9.17) is 9.47 Å². The van der Waals surface area contributed by atoms with Crippen LogP contribution in [0.25, 0.3) is 0 Å². The van der Waals surface area contributed by atoms with E-state index in [9.17, 15) is 9.59 Å². The molecule has 2 aromatic carbocycles. The first-order chi connectivity index (χ1) is 14.1. The number of pyridine rings is 1. The molecule has 8 heteroatoms. The van der Waals surface area contributed by atoms with Crippen molar-refractivity contribution in [3.8, 4) is 11.5 Å². The van der Waals surface area contributed by atoms with E-state index >= 15 is 0 Å². The molecule has 146 valence electrons. The summed E-state index contributed by atoms with van der Waals surface area (Å²) in [4.78, 5) is 27.8. The molecule has 0 saturated carbocycles. The van der Waals surface area contributed by atoms with Gasteiger partial charge in [0.25, 0.3) is 5.91 Å². The molecule has 3 aromatic rings. The molecule has 1 aliphatic heterocycles. The van der Waals surface area contributed by atoms with Crippen LogP contribution in [0.5, 0.6) is 11.5 Å². The van der Waals surface area contributed by atoms with Crippen molar-refractivity contribution in [3.05, 3.63) is 66.5 Å². The fourth-order valence-corrected chi connectivity index (χ4v) is 2.81. The second-order valence-corrected chi connectivity index (χ2v) is 6.34. The van der Waals surface area contributed by atoms with Gasteiger partial charge in [0.1, 0.15) is 5.69 Å². The van der Waals surface area contributed by atoms with Crippen LogP contribution < -0.4 is 25.4 Å². The fraction of sp³-hybridized carbons (Fsp3) is 0.0952. The number of carbonyl (C=O) groups is 2. The first kappa shape index (κ1) is 18.3. The minimum atomic E-state index is -0.339. The summed E-state index contributed by atoms with van der Waals surface area (Å²) < 4.78 is 10.6. The normalized spacial score (nSPS) is 11.6. The molecule has 0 radical (unpaired) electrons. The third-order valence-electron chi connectivity index (χ3n) is 4.12. The van der Waals surface area contributed by atoms with Crippen LogP contribution in [-0.4, -0.2) is 23.6 Å². The van der Waals surface area contributed by atoms with E-state index in [1.807, 2.05) is 12.1 Å². The molecule has 0 unspecified atom stereocenters. The van der Waals surface area contributed by atoms with Gasteiger partial charge in [-0.05, 0) is 48.5 Å². The minimum absolute atomic E-state index is 0.127. The van der Waals surface area contributed by atoms with Crippen molar-refractivity contribution >= 4 is 34.6 Å². The Morgan fingerprint density at radius 2 is 1.55 bits per heavy atom.